The third-order valence-corrected chi connectivity index (χ3v) is 3.95. The van der Waals surface area contributed by atoms with Crippen molar-refractivity contribution in [3.8, 4) is 0 Å². The van der Waals surface area contributed by atoms with Crippen LogP contribution in [0.25, 0.3) is 0 Å². The van der Waals surface area contributed by atoms with E-state index in [9.17, 15) is 9.18 Å². The predicted octanol–water partition coefficient (Wildman–Crippen LogP) is 3.28. The third kappa shape index (κ3) is 2.07. The minimum atomic E-state index is -0.735. The number of aromatic nitrogens is 1. The van der Waals surface area contributed by atoms with E-state index >= 15 is 0 Å². The normalized spacial score (nSPS) is 16.2. The molecule has 1 aromatic carbocycles. The fourth-order valence-electron chi connectivity index (χ4n) is 2.69. The first-order valence-corrected chi connectivity index (χ1v) is 6.69. The van der Waals surface area contributed by atoms with Crippen molar-refractivity contribution >= 4 is 11.6 Å². The molecular weight excluding hydrogens is 255 g/mol. The number of hydrogen-bond acceptors (Lipinski definition) is 2. The second-order valence-electron chi connectivity index (χ2n) is 5.11. The standard InChI is InChI=1S/C16H15FN2O/c17-14-7-2-1-6-13(14)16(8-4-9-16)15(20)19-12-5-3-10-18-11-12/h1-3,5-7,10-11H,4,8-9H2,(H,19,20). The molecule has 0 radical (unpaired) electrons. The first kappa shape index (κ1) is 12.8. The number of anilines is 1. The van der Waals surface area contributed by atoms with Crippen molar-refractivity contribution in [3.63, 3.8) is 0 Å². The van der Waals surface area contributed by atoms with E-state index in [1.54, 1.807) is 42.7 Å². The fourth-order valence-corrected chi connectivity index (χ4v) is 2.69. The maximum absolute atomic E-state index is 14.0. The molecule has 0 unspecified atom stereocenters. The number of halogens is 1. The highest BCUT2D eigenvalue weighted by Crippen LogP contribution is 2.45. The number of nitrogens with zero attached hydrogens (tertiary/aromatic N) is 1. The lowest BCUT2D eigenvalue weighted by Crippen LogP contribution is -2.46. The average Bonchev–Trinajstić information content (AvgIpc) is 2.41. The number of hydrogen-bond donors (Lipinski definition) is 1. The van der Waals surface area contributed by atoms with Gasteiger partial charge in [-0.25, -0.2) is 4.39 Å². The summed E-state index contributed by atoms with van der Waals surface area (Å²) in [7, 11) is 0. The zero-order valence-electron chi connectivity index (χ0n) is 11.0. The molecule has 20 heavy (non-hydrogen) atoms. The lowest BCUT2D eigenvalue weighted by Gasteiger charge is -2.40. The van der Waals surface area contributed by atoms with Crippen LogP contribution in [-0.2, 0) is 10.2 Å². The van der Waals surface area contributed by atoms with Crippen LogP contribution in [0.2, 0.25) is 0 Å². The van der Waals surface area contributed by atoms with E-state index in [1.165, 1.54) is 6.07 Å². The van der Waals surface area contributed by atoms with Crippen molar-refractivity contribution in [2.24, 2.45) is 0 Å². The lowest BCUT2D eigenvalue weighted by molar-refractivity contribution is -0.124. The summed E-state index contributed by atoms with van der Waals surface area (Å²) < 4.78 is 14.0. The minimum Gasteiger partial charge on any atom is -0.324 e. The molecule has 3 rings (SSSR count). The van der Waals surface area contributed by atoms with Gasteiger partial charge in [0.15, 0.2) is 0 Å². The highest BCUT2D eigenvalue weighted by molar-refractivity contribution is 5.99. The fraction of sp³-hybridized carbons (Fsp3) is 0.250. The molecule has 1 heterocycles. The van der Waals surface area contributed by atoms with Crippen molar-refractivity contribution in [1.82, 2.24) is 4.98 Å². The van der Waals surface area contributed by atoms with E-state index in [1.807, 2.05) is 0 Å². The molecule has 1 amide bonds. The molecule has 0 atom stereocenters. The molecule has 2 aromatic rings. The van der Waals surface area contributed by atoms with E-state index in [0.717, 1.165) is 6.42 Å². The number of pyridine rings is 1. The number of nitrogens with one attached hydrogen (secondary N) is 1. The third-order valence-electron chi connectivity index (χ3n) is 3.95. The zero-order chi connectivity index (χ0) is 14.0. The second kappa shape index (κ2) is 5.04. The Hall–Kier alpha value is -2.23. The Bertz CT molecular complexity index is 623. The number of benzene rings is 1. The van der Waals surface area contributed by atoms with Gasteiger partial charge in [-0.2, -0.15) is 0 Å². The predicted molar refractivity (Wildman–Crippen MR) is 74.8 cm³/mol. The van der Waals surface area contributed by atoms with Gasteiger partial charge in [-0.05, 0) is 31.0 Å². The van der Waals surface area contributed by atoms with Crippen LogP contribution in [0.15, 0.2) is 48.8 Å². The lowest BCUT2D eigenvalue weighted by atomic mass is 9.63. The monoisotopic (exact) mass is 270 g/mol. The van der Waals surface area contributed by atoms with Crippen LogP contribution in [0, 0.1) is 5.82 Å². The van der Waals surface area contributed by atoms with Gasteiger partial charge in [0.1, 0.15) is 5.82 Å². The molecular formula is C16H15FN2O. The highest BCUT2D eigenvalue weighted by Gasteiger charge is 2.47. The molecule has 1 N–H and O–H groups in total. The van der Waals surface area contributed by atoms with E-state index < -0.39 is 5.41 Å². The van der Waals surface area contributed by atoms with Gasteiger partial charge >= 0.3 is 0 Å². The van der Waals surface area contributed by atoms with Gasteiger partial charge in [-0.1, -0.05) is 24.6 Å². The van der Waals surface area contributed by atoms with Gasteiger partial charge in [-0.3, -0.25) is 9.78 Å². The first-order valence-electron chi connectivity index (χ1n) is 6.69. The molecule has 1 fully saturated rings. The van der Waals surface area contributed by atoms with Crippen LogP contribution in [-0.4, -0.2) is 10.9 Å². The number of carbonyl (C=O) groups is 1. The maximum atomic E-state index is 14.0. The van der Waals surface area contributed by atoms with Crippen LogP contribution >= 0.6 is 0 Å². The molecule has 0 spiro atoms. The van der Waals surface area contributed by atoms with Crippen molar-refractivity contribution in [1.29, 1.82) is 0 Å². The summed E-state index contributed by atoms with van der Waals surface area (Å²) >= 11 is 0. The maximum Gasteiger partial charge on any atom is 0.235 e. The topological polar surface area (TPSA) is 42.0 Å². The van der Waals surface area contributed by atoms with Crippen LogP contribution < -0.4 is 5.32 Å². The van der Waals surface area contributed by atoms with Gasteiger partial charge < -0.3 is 5.32 Å². The molecule has 0 bridgehead atoms. The van der Waals surface area contributed by atoms with E-state index in [-0.39, 0.29) is 11.7 Å². The SMILES string of the molecule is O=C(Nc1cccnc1)C1(c2ccccc2F)CCC1. The number of rotatable bonds is 3. The van der Waals surface area contributed by atoms with E-state index in [4.69, 9.17) is 0 Å². The largest absolute Gasteiger partial charge is 0.324 e. The number of amides is 1. The second-order valence-corrected chi connectivity index (χ2v) is 5.11. The summed E-state index contributed by atoms with van der Waals surface area (Å²) in [5.74, 6) is -0.463. The quantitative estimate of drug-likeness (QED) is 0.930. The molecule has 1 aliphatic carbocycles. The van der Waals surface area contributed by atoms with Gasteiger partial charge in [-0.15, -0.1) is 0 Å². The summed E-state index contributed by atoms with van der Waals surface area (Å²) in [4.78, 5) is 16.5. The Labute approximate surface area is 116 Å². The Kier molecular flexibility index (Phi) is 3.22. The highest BCUT2D eigenvalue weighted by atomic mass is 19.1. The smallest absolute Gasteiger partial charge is 0.235 e. The van der Waals surface area contributed by atoms with Gasteiger partial charge in [0.25, 0.3) is 0 Å². The zero-order valence-corrected chi connectivity index (χ0v) is 11.0. The molecule has 1 aliphatic rings. The summed E-state index contributed by atoms with van der Waals surface area (Å²) in [6.07, 6.45) is 5.53. The molecule has 3 nitrogen and oxygen atoms in total. The van der Waals surface area contributed by atoms with Crippen molar-refractivity contribution in [2.45, 2.75) is 24.7 Å². The van der Waals surface area contributed by atoms with Gasteiger partial charge in [0.05, 0.1) is 17.3 Å². The Morgan fingerprint density at radius 3 is 2.60 bits per heavy atom. The summed E-state index contributed by atoms with van der Waals surface area (Å²) in [6.45, 7) is 0. The van der Waals surface area contributed by atoms with Crippen LogP contribution in [0.3, 0.4) is 0 Å². The van der Waals surface area contributed by atoms with E-state index in [2.05, 4.69) is 10.3 Å². The van der Waals surface area contributed by atoms with Crippen LogP contribution in [0.4, 0.5) is 10.1 Å². The molecule has 1 saturated carbocycles. The van der Waals surface area contributed by atoms with E-state index in [0.29, 0.717) is 24.1 Å². The Balaban J connectivity index is 1.90. The number of carbonyl (C=O) groups excluding carboxylic acids is 1. The molecule has 4 heteroatoms. The molecule has 0 saturated heterocycles. The van der Waals surface area contributed by atoms with Crippen LogP contribution in [0.5, 0.6) is 0 Å². The Morgan fingerprint density at radius 1 is 1.20 bits per heavy atom. The molecule has 1 aromatic heterocycles. The molecule has 0 aliphatic heterocycles. The Morgan fingerprint density at radius 2 is 2.00 bits per heavy atom. The minimum absolute atomic E-state index is 0.151. The summed E-state index contributed by atoms with van der Waals surface area (Å²) in [6, 6.07) is 10.1. The first-order chi connectivity index (χ1) is 9.72. The molecule has 102 valence electrons. The van der Waals surface area contributed by atoms with Crippen molar-refractivity contribution < 1.29 is 9.18 Å². The van der Waals surface area contributed by atoms with Gasteiger partial charge in [0.2, 0.25) is 5.91 Å². The summed E-state index contributed by atoms with van der Waals surface area (Å²) in [5.41, 5.74) is 0.397. The summed E-state index contributed by atoms with van der Waals surface area (Å²) in [5, 5.41) is 2.84. The van der Waals surface area contributed by atoms with Crippen molar-refractivity contribution in [3.05, 3.63) is 60.2 Å². The average molecular weight is 270 g/mol. The van der Waals surface area contributed by atoms with Crippen LogP contribution in [0.1, 0.15) is 24.8 Å². The van der Waals surface area contributed by atoms with Crippen molar-refractivity contribution in [2.75, 3.05) is 5.32 Å². The van der Waals surface area contributed by atoms with Gasteiger partial charge in [0, 0.05) is 11.8 Å².